The van der Waals surface area contributed by atoms with Crippen LogP contribution < -0.4 is 0 Å². The number of hydrogen-bond donors (Lipinski definition) is 1. The van der Waals surface area contributed by atoms with Crippen molar-refractivity contribution in [3.63, 3.8) is 0 Å². The van der Waals surface area contributed by atoms with E-state index in [1.54, 1.807) is 6.08 Å². The molecular formula is C10H19NO2. The quantitative estimate of drug-likeness (QED) is 0.612. The average molecular weight is 185 g/mol. The predicted octanol–water partition coefficient (Wildman–Crippen LogP) is 1.61. The van der Waals surface area contributed by atoms with Gasteiger partial charge >= 0.3 is 5.97 Å². The number of carbonyl (C=O) groups is 1. The average Bonchev–Trinajstić information content (AvgIpc) is 1.99. The van der Waals surface area contributed by atoms with Gasteiger partial charge in [0.25, 0.3) is 0 Å². The summed E-state index contributed by atoms with van der Waals surface area (Å²) in [6.45, 7) is 9.45. The number of carboxylic acids is 1. The predicted molar refractivity (Wildman–Crippen MR) is 53.7 cm³/mol. The summed E-state index contributed by atoms with van der Waals surface area (Å²) in [4.78, 5) is 12.3. The van der Waals surface area contributed by atoms with E-state index in [2.05, 4.69) is 20.4 Å². The van der Waals surface area contributed by atoms with Gasteiger partial charge in [-0.15, -0.1) is 6.58 Å². The molecule has 0 rings (SSSR count). The smallest absolute Gasteiger partial charge is 0.317 e. The molecule has 0 unspecified atom stereocenters. The van der Waals surface area contributed by atoms with Crippen LogP contribution in [0.25, 0.3) is 0 Å². The van der Waals surface area contributed by atoms with Crippen LogP contribution in [0.15, 0.2) is 12.7 Å². The number of nitrogens with zero attached hydrogens (tertiary/aromatic N) is 1. The molecule has 0 aliphatic carbocycles. The molecule has 3 heteroatoms. The minimum atomic E-state index is -0.773. The molecule has 0 aromatic carbocycles. The lowest BCUT2D eigenvalue weighted by Gasteiger charge is -2.19. The standard InChI is InChI=1S/C10H19NO2/c1-4-6-11(8-10(12)13)7-5-9(2)3/h4,9H,1,5-8H2,2-3H3,(H,12,13). The first kappa shape index (κ1) is 12.2. The van der Waals surface area contributed by atoms with Crippen LogP contribution in [0.4, 0.5) is 0 Å². The summed E-state index contributed by atoms with van der Waals surface area (Å²) in [6, 6.07) is 0. The Balaban J connectivity index is 3.79. The Kier molecular flexibility index (Phi) is 6.24. The molecule has 1 N–H and O–H groups in total. The summed E-state index contributed by atoms with van der Waals surface area (Å²) in [5.41, 5.74) is 0. The van der Waals surface area contributed by atoms with Gasteiger partial charge in [-0.05, 0) is 18.9 Å². The molecule has 0 saturated carbocycles. The molecule has 0 bridgehead atoms. The molecule has 0 aromatic rings. The van der Waals surface area contributed by atoms with Crippen molar-refractivity contribution in [2.45, 2.75) is 20.3 Å². The SMILES string of the molecule is C=CCN(CCC(C)C)CC(=O)O. The van der Waals surface area contributed by atoms with E-state index in [4.69, 9.17) is 5.11 Å². The van der Waals surface area contributed by atoms with Crippen LogP contribution in [0.2, 0.25) is 0 Å². The van der Waals surface area contributed by atoms with E-state index < -0.39 is 5.97 Å². The van der Waals surface area contributed by atoms with Crippen molar-refractivity contribution in [1.29, 1.82) is 0 Å². The fraction of sp³-hybridized carbons (Fsp3) is 0.700. The maximum absolute atomic E-state index is 10.5. The summed E-state index contributed by atoms with van der Waals surface area (Å²) in [5, 5.41) is 8.60. The van der Waals surface area contributed by atoms with Crippen molar-refractivity contribution in [3.8, 4) is 0 Å². The Morgan fingerprint density at radius 1 is 1.62 bits per heavy atom. The largest absolute Gasteiger partial charge is 0.480 e. The molecule has 0 aliphatic heterocycles. The van der Waals surface area contributed by atoms with E-state index in [1.807, 2.05) is 4.90 Å². The van der Waals surface area contributed by atoms with Crippen molar-refractivity contribution < 1.29 is 9.90 Å². The summed E-state index contributed by atoms with van der Waals surface area (Å²) in [7, 11) is 0. The molecule has 0 aliphatic rings. The minimum Gasteiger partial charge on any atom is -0.480 e. The Hall–Kier alpha value is -0.830. The lowest BCUT2D eigenvalue weighted by molar-refractivity contribution is -0.138. The highest BCUT2D eigenvalue weighted by atomic mass is 16.4. The van der Waals surface area contributed by atoms with Gasteiger partial charge in [0.2, 0.25) is 0 Å². The summed E-state index contributed by atoms with van der Waals surface area (Å²) in [5.74, 6) is -0.160. The van der Waals surface area contributed by atoms with Gasteiger partial charge in [-0.25, -0.2) is 0 Å². The zero-order valence-electron chi connectivity index (χ0n) is 8.49. The topological polar surface area (TPSA) is 40.5 Å². The molecular weight excluding hydrogens is 166 g/mol. The van der Waals surface area contributed by atoms with Crippen molar-refractivity contribution in [2.75, 3.05) is 19.6 Å². The lowest BCUT2D eigenvalue weighted by Crippen LogP contribution is -2.31. The Labute approximate surface area is 80.0 Å². The number of hydrogen-bond acceptors (Lipinski definition) is 2. The normalized spacial score (nSPS) is 10.8. The van der Waals surface area contributed by atoms with Crippen LogP contribution in [0, 0.1) is 5.92 Å². The second kappa shape index (κ2) is 6.66. The van der Waals surface area contributed by atoms with Gasteiger partial charge in [0, 0.05) is 6.54 Å². The molecule has 0 amide bonds. The van der Waals surface area contributed by atoms with Crippen molar-refractivity contribution in [1.82, 2.24) is 4.90 Å². The van der Waals surface area contributed by atoms with Gasteiger partial charge in [0.1, 0.15) is 0 Å². The van der Waals surface area contributed by atoms with Gasteiger partial charge in [0.15, 0.2) is 0 Å². The Bertz CT molecular complexity index is 166. The highest BCUT2D eigenvalue weighted by Gasteiger charge is 2.07. The van der Waals surface area contributed by atoms with Gasteiger partial charge in [-0.1, -0.05) is 19.9 Å². The number of carboxylic acid groups (broad SMARTS) is 1. The maximum atomic E-state index is 10.5. The van der Waals surface area contributed by atoms with Gasteiger partial charge in [0.05, 0.1) is 6.54 Å². The molecule has 0 aromatic heterocycles. The van der Waals surface area contributed by atoms with Crippen molar-refractivity contribution in [3.05, 3.63) is 12.7 Å². The molecule has 0 heterocycles. The first-order valence-corrected chi connectivity index (χ1v) is 4.61. The van der Waals surface area contributed by atoms with Crippen LogP contribution in [-0.4, -0.2) is 35.6 Å². The van der Waals surface area contributed by atoms with Crippen LogP contribution in [0.3, 0.4) is 0 Å². The number of rotatable bonds is 7. The molecule has 0 spiro atoms. The molecule has 76 valence electrons. The fourth-order valence-electron chi connectivity index (χ4n) is 1.05. The summed E-state index contributed by atoms with van der Waals surface area (Å²) in [6.07, 6.45) is 2.77. The van der Waals surface area contributed by atoms with Crippen LogP contribution in [-0.2, 0) is 4.79 Å². The molecule has 3 nitrogen and oxygen atoms in total. The van der Waals surface area contributed by atoms with Crippen LogP contribution in [0.5, 0.6) is 0 Å². The fourth-order valence-corrected chi connectivity index (χ4v) is 1.05. The van der Waals surface area contributed by atoms with Gasteiger partial charge in [-0.3, -0.25) is 9.69 Å². The first-order valence-electron chi connectivity index (χ1n) is 4.61. The van der Waals surface area contributed by atoms with Gasteiger partial charge in [-0.2, -0.15) is 0 Å². The Morgan fingerprint density at radius 2 is 2.23 bits per heavy atom. The van der Waals surface area contributed by atoms with E-state index in [0.717, 1.165) is 13.0 Å². The molecule has 0 saturated heterocycles. The zero-order valence-corrected chi connectivity index (χ0v) is 8.49. The van der Waals surface area contributed by atoms with E-state index in [9.17, 15) is 4.79 Å². The highest BCUT2D eigenvalue weighted by Crippen LogP contribution is 2.01. The third-order valence-electron chi connectivity index (χ3n) is 1.77. The molecule has 0 fully saturated rings. The van der Waals surface area contributed by atoms with E-state index in [0.29, 0.717) is 12.5 Å². The highest BCUT2D eigenvalue weighted by molar-refractivity contribution is 5.69. The van der Waals surface area contributed by atoms with Crippen molar-refractivity contribution in [2.24, 2.45) is 5.92 Å². The second-order valence-corrected chi connectivity index (χ2v) is 3.60. The van der Waals surface area contributed by atoms with Crippen LogP contribution >= 0.6 is 0 Å². The Morgan fingerprint density at radius 3 is 2.62 bits per heavy atom. The molecule has 13 heavy (non-hydrogen) atoms. The maximum Gasteiger partial charge on any atom is 0.317 e. The summed E-state index contributed by atoms with van der Waals surface area (Å²) < 4.78 is 0. The second-order valence-electron chi connectivity index (χ2n) is 3.60. The third kappa shape index (κ3) is 7.53. The minimum absolute atomic E-state index is 0.110. The van der Waals surface area contributed by atoms with E-state index >= 15 is 0 Å². The lowest BCUT2D eigenvalue weighted by atomic mass is 10.1. The van der Waals surface area contributed by atoms with Crippen molar-refractivity contribution >= 4 is 5.97 Å². The molecule has 0 atom stereocenters. The van der Waals surface area contributed by atoms with E-state index in [-0.39, 0.29) is 6.54 Å². The summed E-state index contributed by atoms with van der Waals surface area (Å²) >= 11 is 0. The van der Waals surface area contributed by atoms with E-state index in [1.165, 1.54) is 0 Å². The molecule has 0 radical (unpaired) electrons. The monoisotopic (exact) mass is 185 g/mol. The number of aliphatic carboxylic acids is 1. The third-order valence-corrected chi connectivity index (χ3v) is 1.77. The van der Waals surface area contributed by atoms with Gasteiger partial charge < -0.3 is 5.11 Å². The zero-order chi connectivity index (χ0) is 10.3. The van der Waals surface area contributed by atoms with Crippen LogP contribution in [0.1, 0.15) is 20.3 Å². The first-order chi connectivity index (χ1) is 6.06.